The van der Waals surface area contributed by atoms with E-state index < -0.39 is 6.10 Å². The number of anilines is 1. The van der Waals surface area contributed by atoms with Gasteiger partial charge < -0.3 is 20.2 Å². The van der Waals surface area contributed by atoms with Crippen LogP contribution in [-0.4, -0.2) is 20.3 Å². The van der Waals surface area contributed by atoms with E-state index in [1.54, 1.807) is 36.4 Å². The van der Waals surface area contributed by atoms with E-state index in [1.165, 1.54) is 12.1 Å². The van der Waals surface area contributed by atoms with Crippen LogP contribution in [0, 0.1) is 11.7 Å². The Balaban J connectivity index is 1.33. The van der Waals surface area contributed by atoms with Crippen molar-refractivity contribution in [3.05, 3.63) is 138 Å². The lowest BCUT2D eigenvalue weighted by Crippen LogP contribution is -2.28. The SMILES string of the molecule is Oc1cccc(-c2ccc([C@@H]3[C@H](CC[C@H](O)c4ccc(F)cc4)CC(=S)N3c3ccc(-c4ccccc4)cc3)c(O)c2)c1. The molecule has 0 aliphatic carbocycles. The van der Waals surface area contributed by atoms with Gasteiger partial charge in [-0.1, -0.05) is 91.1 Å². The highest BCUT2D eigenvalue weighted by Crippen LogP contribution is 2.48. The molecule has 1 aliphatic rings. The van der Waals surface area contributed by atoms with E-state index in [-0.39, 0.29) is 29.3 Å². The van der Waals surface area contributed by atoms with Gasteiger partial charge in [-0.2, -0.15) is 0 Å². The summed E-state index contributed by atoms with van der Waals surface area (Å²) in [6.07, 6.45) is 1.01. The largest absolute Gasteiger partial charge is 0.508 e. The molecular formula is C37H32FNO3S. The zero-order valence-corrected chi connectivity index (χ0v) is 24.3. The zero-order chi connectivity index (χ0) is 29.9. The van der Waals surface area contributed by atoms with E-state index in [4.69, 9.17) is 12.2 Å². The smallest absolute Gasteiger partial charge is 0.123 e. The lowest BCUT2D eigenvalue weighted by molar-refractivity contribution is 0.155. The van der Waals surface area contributed by atoms with E-state index in [0.29, 0.717) is 24.8 Å². The lowest BCUT2D eigenvalue weighted by Gasteiger charge is -2.31. The van der Waals surface area contributed by atoms with Crippen molar-refractivity contribution in [3.63, 3.8) is 0 Å². The number of thiocarbonyl (C=S) groups is 1. The minimum absolute atomic E-state index is 0.0221. The first kappa shape index (κ1) is 28.6. The number of nitrogens with zero attached hydrogens (tertiary/aromatic N) is 1. The van der Waals surface area contributed by atoms with E-state index in [9.17, 15) is 19.7 Å². The Morgan fingerprint density at radius 3 is 2.09 bits per heavy atom. The minimum Gasteiger partial charge on any atom is -0.508 e. The second-order valence-electron chi connectivity index (χ2n) is 11.1. The van der Waals surface area contributed by atoms with E-state index in [0.717, 1.165) is 38.5 Å². The predicted octanol–water partition coefficient (Wildman–Crippen LogP) is 8.98. The van der Waals surface area contributed by atoms with E-state index >= 15 is 0 Å². The van der Waals surface area contributed by atoms with Crippen molar-refractivity contribution in [1.82, 2.24) is 0 Å². The molecule has 0 unspecified atom stereocenters. The molecule has 5 aromatic carbocycles. The van der Waals surface area contributed by atoms with Crippen LogP contribution in [0.5, 0.6) is 11.5 Å². The molecule has 0 spiro atoms. The maximum absolute atomic E-state index is 13.4. The van der Waals surface area contributed by atoms with Crippen LogP contribution in [-0.2, 0) is 0 Å². The Kier molecular flexibility index (Phi) is 8.23. The third-order valence-corrected chi connectivity index (χ3v) is 8.64. The fourth-order valence-corrected chi connectivity index (χ4v) is 6.52. The zero-order valence-electron chi connectivity index (χ0n) is 23.5. The molecule has 4 nitrogen and oxygen atoms in total. The van der Waals surface area contributed by atoms with Gasteiger partial charge in [0.1, 0.15) is 17.3 Å². The Bertz CT molecular complexity index is 1720. The Morgan fingerprint density at radius 2 is 1.40 bits per heavy atom. The van der Waals surface area contributed by atoms with Gasteiger partial charge in [0.05, 0.1) is 17.1 Å². The third kappa shape index (κ3) is 6.17. The van der Waals surface area contributed by atoms with Crippen LogP contribution in [0.1, 0.15) is 42.5 Å². The molecule has 0 aromatic heterocycles. The number of aromatic hydroxyl groups is 2. The number of halogens is 1. The second kappa shape index (κ2) is 12.4. The molecule has 3 atom stereocenters. The highest BCUT2D eigenvalue weighted by atomic mass is 32.1. The van der Waals surface area contributed by atoms with Crippen LogP contribution in [0.15, 0.2) is 121 Å². The summed E-state index contributed by atoms with van der Waals surface area (Å²) >= 11 is 5.96. The molecule has 216 valence electrons. The van der Waals surface area contributed by atoms with Gasteiger partial charge in [-0.15, -0.1) is 0 Å². The van der Waals surface area contributed by atoms with Gasteiger partial charge in [-0.05, 0) is 89.0 Å². The number of aliphatic hydroxyl groups excluding tert-OH is 1. The summed E-state index contributed by atoms with van der Waals surface area (Å²) in [5.41, 5.74) is 6.18. The molecule has 43 heavy (non-hydrogen) atoms. The Hall–Kier alpha value is -4.52. The molecule has 0 amide bonds. The summed E-state index contributed by atoms with van der Waals surface area (Å²) in [4.78, 5) is 2.90. The summed E-state index contributed by atoms with van der Waals surface area (Å²) < 4.78 is 13.4. The quantitative estimate of drug-likeness (QED) is 0.158. The molecule has 3 N–H and O–H groups in total. The first-order chi connectivity index (χ1) is 20.9. The summed E-state index contributed by atoms with van der Waals surface area (Å²) in [5, 5.41) is 32.3. The number of phenols is 2. The van der Waals surface area contributed by atoms with Gasteiger partial charge in [0.15, 0.2) is 0 Å². The van der Waals surface area contributed by atoms with Crippen LogP contribution < -0.4 is 4.90 Å². The minimum atomic E-state index is -0.740. The van der Waals surface area contributed by atoms with E-state index in [2.05, 4.69) is 41.3 Å². The van der Waals surface area contributed by atoms with Crippen molar-refractivity contribution < 1.29 is 19.7 Å². The van der Waals surface area contributed by atoms with Gasteiger partial charge in [0.25, 0.3) is 0 Å². The van der Waals surface area contributed by atoms with Crippen LogP contribution in [0.25, 0.3) is 22.3 Å². The molecule has 1 heterocycles. The molecular weight excluding hydrogens is 557 g/mol. The molecule has 1 fully saturated rings. The number of phenolic OH excluding ortho intramolecular Hbond substituents is 2. The number of rotatable bonds is 8. The van der Waals surface area contributed by atoms with Gasteiger partial charge in [0.2, 0.25) is 0 Å². The third-order valence-electron chi connectivity index (χ3n) is 8.28. The highest BCUT2D eigenvalue weighted by Gasteiger charge is 2.40. The number of hydrogen-bond donors (Lipinski definition) is 3. The highest BCUT2D eigenvalue weighted by molar-refractivity contribution is 7.80. The maximum atomic E-state index is 13.4. The molecule has 6 rings (SSSR count). The average Bonchev–Trinajstić information content (AvgIpc) is 3.36. The Labute approximate surface area is 256 Å². The van der Waals surface area contributed by atoms with Gasteiger partial charge in [-0.3, -0.25) is 0 Å². The first-order valence-corrected chi connectivity index (χ1v) is 14.8. The van der Waals surface area contributed by atoms with Gasteiger partial charge >= 0.3 is 0 Å². The van der Waals surface area contributed by atoms with Crippen LogP contribution >= 0.6 is 12.2 Å². The number of hydrogen-bond acceptors (Lipinski definition) is 4. The van der Waals surface area contributed by atoms with E-state index in [1.807, 2.05) is 36.4 Å². The summed E-state index contributed by atoms with van der Waals surface area (Å²) in [6.45, 7) is 0. The maximum Gasteiger partial charge on any atom is 0.123 e. The van der Waals surface area contributed by atoms with Crippen LogP contribution in [0.4, 0.5) is 10.1 Å². The van der Waals surface area contributed by atoms with Crippen LogP contribution in [0.3, 0.4) is 0 Å². The summed E-state index contributed by atoms with van der Waals surface area (Å²) in [6, 6.07) is 36.7. The predicted molar refractivity (Wildman–Crippen MR) is 174 cm³/mol. The Morgan fingerprint density at radius 1 is 0.744 bits per heavy atom. The first-order valence-electron chi connectivity index (χ1n) is 14.4. The molecule has 0 saturated carbocycles. The second-order valence-corrected chi connectivity index (χ2v) is 11.5. The standard InChI is InChI=1S/C37H32FNO3S/c38-30-15-9-26(10-16-30)34(41)20-14-29-23-36(43)39(31-17-11-25(12-18-31)24-5-2-1-3-6-24)37(29)33-19-13-28(22-35(33)42)27-7-4-8-32(40)21-27/h1-13,15-19,21-22,29,34,37,40-42H,14,20,23H2/t29-,34+,37+/m1/s1. The molecule has 6 heteroatoms. The fraction of sp³-hybridized carbons (Fsp3) is 0.162. The topological polar surface area (TPSA) is 63.9 Å². The number of aliphatic hydroxyl groups is 1. The molecule has 0 radical (unpaired) electrons. The normalized spacial score (nSPS) is 17.3. The monoisotopic (exact) mass is 589 g/mol. The van der Waals surface area contributed by atoms with Gasteiger partial charge in [-0.25, -0.2) is 4.39 Å². The van der Waals surface area contributed by atoms with Crippen molar-refractivity contribution in [2.75, 3.05) is 4.90 Å². The average molecular weight is 590 g/mol. The van der Waals surface area contributed by atoms with Crippen molar-refractivity contribution >= 4 is 22.9 Å². The lowest BCUT2D eigenvalue weighted by atomic mass is 9.86. The van der Waals surface area contributed by atoms with Crippen molar-refractivity contribution in [3.8, 4) is 33.8 Å². The fourth-order valence-electron chi connectivity index (χ4n) is 6.09. The molecule has 1 aliphatic heterocycles. The molecule has 1 saturated heterocycles. The van der Waals surface area contributed by atoms with Crippen molar-refractivity contribution in [2.24, 2.45) is 5.92 Å². The van der Waals surface area contributed by atoms with Crippen molar-refractivity contribution in [2.45, 2.75) is 31.4 Å². The molecule has 5 aromatic rings. The van der Waals surface area contributed by atoms with Gasteiger partial charge in [0, 0.05) is 17.7 Å². The molecule has 0 bridgehead atoms. The summed E-state index contributed by atoms with van der Waals surface area (Å²) in [5.74, 6) is -0.0118. The van der Waals surface area contributed by atoms with Crippen LogP contribution in [0.2, 0.25) is 0 Å². The van der Waals surface area contributed by atoms with Crippen molar-refractivity contribution in [1.29, 1.82) is 0 Å². The number of benzene rings is 5. The summed E-state index contributed by atoms with van der Waals surface area (Å²) in [7, 11) is 0.